The van der Waals surface area contributed by atoms with Gasteiger partial charge in [-0.2, -0.15) is 0 Å². The van der Waals surface area contributed by atoms with Gasteiger partial charge in [0.2, 0.25) is 5.91 Å². The van der Waals surface area contributed by atoms with Gasteiger partial charge in [-0.15, -0.1) is 0 Å². The number of amides is 1. The van der Waals surface area contributed by atoms with Crippen LogP contribution in [-0.2, 0) is 4.79 Å². The summed E-state index contributed by atoms with van der Waals surface area (Å²) in [6.07, 6.45) is 0.817. The molecule has 1 aromatic carbocycles. The molecule has 2 heterocycles. The molecule has 21 heavy (non-hydrogen) atoms. The van der Waals surface area contributed by atoms with E-state index in [9.17, 15) is 4.79 Å². The average Bonchev–Trinajstić information content (AvgIpc) is 3.09. The van der Waals surface area contributed by atoms with Crippen LogP contribution in [0.15, 0.2) is 24.3 Å². The monoisotopic (exact) mass is 305 g/mol. The lowest BCUT2D eigenvalue weighted by molar-refractivity contribution is -0.122. The molecule has 2 unspecified atom stereocenters. The van der Waals surface area contributed by atoms with Crippen LogP contribution in [0.4, 0.5) is 5.13 Å². The number of hydrogen-bond acceptors (Lipinski definition) is 6. The number of fused-ring (bicyclic) bond motifs is 1. The fraction of sp³-hybridized carbons (Fsp3) is 0.429. The maximum atomic E-state index is 11.9. The van der Waals surface area contributed by atoms with Gasteiger partial charge in [-0.1, -0.05) is 23.5 Å². The van der Waals surface area contributed by atoms with E-state index in [1.165, 1.54) is 4.70 Å². The highest BCUT2D eigenvalue weighted by Crippen LogP contribution is 2.24. The first kappa shape index (κ1) is 14.2. The van der Waals surface area contributed by atoms with Crippen molar-refractivity contribution < 1.29 is 4.79 Å². The number of nitrogens with zero attached hydrogens (tertiary/aromatic N) is 1. The Morgan fingerprint density at radius 1 is 1.38 bits per heavy atom. The minimum Gasteiger partial charge on any atom is -0.360 e. The highest BCUT2D eigenvalue weighted by atomic mass is 32.1. The molecular weight excluding hydrogens is 286 g/mol. The van der Waals surface area contributed by atoms with Gasteiger partial charge in [0.1, 0.15) is 6.04 Å². The highest BCUT2D eigenvalue weighted by Gasteiger charge is 2.25. The summed E-state index contributed by atoms with van der Waals surface area (Å²) in [6.45, 7) is 3.30. The predicted octanol–water partition coefficient (Wildman–Crippen LogP) is 1.08. The summed E-state index contributed by atoms with van der Waals surface area (Å²) < 4.78 is 1.17. The number of aromatic nitrogens is 1. The molecule has 1 aromatic heterocycles. The van der Waals surface area contributed by atoms with Crippen molar-refractivity contribution in [3.8, 4) is 0 Å². The highest BCUT2D eigenvalue weighted by molar-refractivity contribution is 7.22. The van der Waals surface area contributed by atoms with Crippen molar-refractivity contribution in [3.05, 3.63) is 24.3 Å². The Morgan fingerprint density at radius 2 is 2.24 bits per heavy atom. The zero-order chi connectivity index (χ0) is 14.7. The van der Waals surface area contributed by atoms with Crippen LogP contribution in [0.3, 0.4) is 0 Å². The quantitative estimate of drug-likeness (QED) is 0.622. The summed E-state index contributed by atoms with van der Waals surface area (Å²) in [6, 6.07) is 8.24. The molecule has 0 radical (unpaired) electrons. The van der Waals surface area contributed by atoms with Gasteiger partial charge in [-0.25, -0.2) is 10.4 Å². The summed E-state index contributed by atoms with van der Waals surface area (Å²) in [5, 5.41) is 7.06. The summed E-state index contributed by atoms with van der Waals surface area (Å²) in [7, 11) is 0. The van der Waals surface area contributed by atoms with E-state index in [-0.39, 0.29) is 11.9 Å². The van der Waals surface area contributed by atoms with Gasteiger partial charge in [-0.05, 0) is 25.5 Å². The third-order valence-electron chi connectivity index (χ3n) is 3.40. The Hall–Kier alpha value is -1.70. The summed E-state index contributed by atoms with van der Waals surface area (Å²) in [5.74, 6) is 0.0398. The predicted molar refractivity (Wildman–Crippen MR) is 85.3 cm³/mol. The standard InChI is InChI=1S/C14H19N5OS/c1-9-8-11(19-18-9)13(20)15-6-7-16-14-17-10-4-2-3-5-12(10)21-14/h2-5,9,11,18-19H,6-8H2,1H3,(H,15,20)(H,16,17). The van der Waals surface area contributed by atoms with Crippen LogP contribution in [0.2, 0.25) is 0 Å². The van der Waals surface area contributed by atoms with E-state index in [2.05, 4.69) is 39.5 Å². The van der Waals surface area contributed by atoms with Gasteiger partial charge < -0.3 is 10.6 Å². The van der Waals surface area contributed by atoms with E-state index >= 15 is 0 Å². The van der Waals surface area contributed by atoms with Gasteiger partial charge in [0.15, 0.2) is 5.13 Å². The Kier molecular flexibility index (Phi) is 4.33. The van der Waals surface area contributed by atoms with Gasteiger partial charge >= 0.3 is 0 Å². The number of para-hydroxylation sites is 1. The van der Waals surface area contributed by atoms with Gasteiger partial charge in [0.25, 0.3) is 0 Å². The third-order valence-corrected chi connectivity index (χ3v) is 4.40. The van der Waals surface area contributed by atoms with E-state index in [0.29, 0.717) is 19.1 Å². The second-order valence-corrected chi connectivity index (χ2v) is 6.21. The summed E-state index contributed by atoms with van der Waals surface area (Å²) >= 11 is 1.62. The van der Waals surface area contributed by atoms with Crippen molar-refractivity contribution in [1.82, 2.24) is 21.2 Å². The first-order chi connectivity index (χ1) is 10.2. The molecule has 1 saturated heterocycles. The second-order valence-electron chi connectivity index (χ2n) is 5.18. The minimum absolute atomic E-state index is 0.0398. The molecule has 7 heteroatoms. The van der Waals surface area contributed by atoms with E-state index < -0.39 is 0 Å². The molecular formula is C14H19N5OS. The van der Waals surface area contributed by atoms with Crippen molar-refractivity contribution in [2.24, 2.45) is 0 Å². The number of hydrazine groups is 1. The van der Waals surface area contributed by atoms with Crippen molar-refractivity contribution in [1.29, 1.82) is 0 Å². The lowest BCUT2D eigenvalue weighted by atomic mass is 10.1. The van der Waals surface area contributed by atoms with Crippen LogP contribution in [-0.4, -0.2) is 36.1 Å². The van der Waals surface area contributed by atoms with Gasteiger partial charge in [-0.3, -0.25) is 10.2 Å². The van der Waals surface area contributed by atoms with Crippen LogP contribution in [0, 0.1) is 0 Å². The van der Waals surface area contributed by atoms with Gasteiger partial charge in [0.05, 0.1) is 10.2 Å². The number of nitrogens with one attached hydrogen (secondary N) is 4. The lowest BCUT2D eigenvalue weighted by Gasteiger charge is -2.10. The lowest BCUT2D eigenvalue weighted by Crippen LogP contribution is -2.44. The molecule has 0 saturated carbocycles. The summed E-state index contributed by atoms with van der Waals surface area (Å²) in [5.41, 5.74) is 7.04. The molecule has 3 rings (SSSR count). The Bertz CT molecular complexity index is 596. The molecule has 0 bridgehead atoms. The number of thiazole rings is 1. The smallest absolute Gasteiger partial charge is 0.238 e. The summed E-state index contributed by atoms with van der Waals surface area (Å²) in [4.78, 5) is 16.4. The maximum Gasteiger partial charge on any atom is 0.238 e. The molecule has 2 aromatic rings. The molecule has 1 aliphatic heterocycles. The van der Waals surface area contributed by atoms with Crippen LogP contribution >= 0.6 is 11.3 Å². The number of benzene rings is 1. The van der Waals surface area contributed by atoms with E-state index in [0.717, 1.165) is 17.1 Å². The fourth-order valence-electron chi connectivity index (χ4n) is 2.31. The Balaban J connectivity index is 1.42. The first-order valence-corrected chi connectivity index (χ1v) is 7.92. The molecule has 4 N–H and O–H groups in total. The maximum absolute atomic E-state index is 11.9. The van der Waals surface area contributed by atoms with Crippen LogP contribution < -0.4 is 21.5 Å². The van der Waals surface area contributed by atoms with E-state index in [4.69, 9.17) is 0 Å². The number of hydrogen-bond donors (Lipinski definition) is 4. The van der Waals surface area contributed by atoms with Crippen molar-refractivity contribution >= 4 is 32.6 Å². The zero-order valence-corrected chi connectivity index (χ0v) is 12.7. The van der Waals surface area contributed by atoms with Crippen molar-refractivity contribution in [2.45, 2.75) is 25.4 Å². The SMILES string of the molecule is CC1CC(C(=O)NCCNc2nc3ccccc3s2)NN1. The average molecular weight is 305 g/mol. The van der Waals surface area contributed by atoms with Crippen molar-refractivity contribution in [3.63, 3.8) is 0 Å². The molecule has 6 nitrogen and oxygen atoms in total. The van der Waals surface area contributed by atoms with Crippen molar-refractivity contribution in [2.75, 3.05) is 18.4 Å². The third kappa shape index (κ3) is 3.49. The van der Waals surface area contributed by atoms with E-state index in [1.807, 2.05) is 18.2 Å². The Morgan fingerprint density at radius 3 is 3.00 bits per heavy atom. The van der Waals surface area contributed by atoms with E-state index in [1.54, 1.807) is 11.3 Å². The molecule has 0 spiro atoms. The normalized spacial score (nSPS) is 21.6. The van der Waals surface area contributed by atoms with Gasteiger partial charge in [0, 0.05) is 19.1 Å². The number of rotatable bonds is 5. The molecule has 0 aliphatic carbocycles. The fourth-order valence-corrected chi connectivity index (χ4v) is 3.20. The zero-order valence-electron chi connectivity index (χ0n) is 11.8. The molecule has 1 amide bonds. The second kappa shape index (κ2) is 6.38. The minimum atomic E-state index is -0.137. The number of carbonyl (C=O) groups is 1. The molecule has 1 fully saturated rings. The topological polar surface area (TPSA) is 78.1 Å². The van der Waals surface area contributed by atoms with Crippen LogP contribution in [0.25, 0.3) is 10.2 Å². The first-order valence-electron chi connectivity index (χ1n) is 7.10. The number of anilines is 1. The number of carbonyl (C=O) groups excluding carboxylic acids is 1. The molecule has 112 valence electrons. The molecule has 1 aliphatic rings. The van der Waals surface area contributed by atoms with Crippen LogP contribution in [0.1, 0.15) is 13.3 Å². The Labute approximate surface area is 127 Å². The largest absolute Gasteiger partial charge is 0.360 e. The molecule has 2 atom stereocenters. The van der Waals surface area contributed by atoms with Crippen LogP contribution in [0.5, 0.6) is 0 Å².